The van der Waals surface area contributed by atoms with Crippen molar-refractivity contribution in [2.75, 3.05) is 13.3 Å². The number of fused-ring (bicyclic) bond motifs is 5. The molecule has 3 aliphatic heterocycles. The minimum Gasteiger partial charge on any atom is -0.454 e. The first kappa shape index (κ1) is 16.9. The molecular formula is C22H19N3O3S. The van der Waals surface area contributed by atoms with Gasteiger partial charge < -0.3 is 19.4 Å². The Morgan fingerprint density at radius 2 is 2.00 bits per heavy atom. The summed E-state index contributed by atoms with van der Waals surface area (Å²) in [6, 6.07) is 13.8. The number of hydrogen-bond donors (Lipinski definition) is 1. The Labute approximate surface area is 173 Å². The number of aromatic nitrogens is 1. The summed E-state index contributed by atoms with van der Waals surface area (Å²) in [6.07, 6.45) is 0.649. The van der Waals surface area contributed by atoms with Crippen LogP contribution in [0.1, 0.15) is 29.8 Å². The minimum atomic E-state index is -0.287. The summed E-state index contributed by atoms with van der Waals surface area (Å²) in [5, 5.41) is 1.76. The summed E-state index contributed by atoms with van der Waals surface area (Å²) in [6.45, 7) is 2.77. The highest BCUT2D eigenvalue weighted by molar-refractivity contribution is 7.80. The van der Waals surface area contributed by atoms with Crippen molar-refractivity contribution >= 4 is 34.1 Å². The van der Waals surface area contributed by atoms with E-state index >= 15 is 0 Å². The predicted molar refractivity (Wildman–Crippen MR) is 112 cm³/mol. The van der Waals surface area contributed by atoms with Crippen molar-refractivity contribution in [3.05, 3.63) is 59.3 Å². The molecule has 3 aromatic rings. The number of H-pyrrole nitrogens is 1. The van der Waals surface area contributed by atoms with Gasteiger partial charge in [-0.1, -0.05) is 24.3 Å². The molecule has 1 N–H and O–H groups in total. The van der Waals surface area contributed by atoms with Gasteiger partial charge in [0.2, 0.25) is 6.79 Å². The van der Waals surface area contributed by atoms with Gasteiger partial charge in [-0.25, -0.2) is 0 Å². The first-order valence-electron chi connectivity index (χ1n) is 9.80. The fourth-order valence-corrected chi connectivity index (χ4v) is 5.30. The number of aromatic amines is 1. The SMILES string of the molecule is CCN1C(=O)[C@H]2Cc3c([nH]c4ccccc34)[C@@H](c3ccc4c(c3)OCO4)N2C1=S. The lowest BCUT2D eigenvalue weighted by Gasteiger charge is -2.37. The van der Waals surface area contributed by atoms with Gasteiger partial charge in [-0.3, -0.25) is 9.69 Å². The highest BCUT2D eigenvalue weighted by Crippen LogP contribution is 2.46. The molecule has 1 amide bonds. The zero-order chi connectivity index (χ0) is 19.7. The lowest BCUT2D eigenvalue weighted by Crippen LogP contribution is -2.44. The van der Waals surface area contributed by atoms with Gasteiger partial charge in [0.05, 0.1) is 6.04 Å². The van der Waals surface area contributed by atoms with E-state index in [9.17, 15) is 4.79 Å². The number of amides is 1. The fourth-order valence-electron chi connectivity index (χ4n) is 4.85. The predicted octanol–water partition coefficient (Wildman–Crippen LogP) is 3.36. The van der Waals surface area contributed by atoms with E-state index in [1.54, 1.807) is 4.90 Å². The molecule has 146 valence electrons. The van der Waals surface area contributed by atoms with Crippen molar-refractivity contribution in [2.45, 2.75) is 25.4 Å². The Morgan fingerprint density at radius 1 is 1.17 bits per heavy atom. The molecule has 7 heteroatoms. The number of hydrogen-bond acceptors (Lipinski definition) is 4. The van der Waals surface area contributed by atoms with Crippen LogP contribution in [0.25, 0.3) is 10.9 Å². The molecule has 0 aliphatic carbocycles. The molecule has 2 aromatic carbocycles. The van der Waals surface area contributed by atoms with Crippen LogP contribution < -0.4 is 9.47 Å². The largest absolute Gasteiger partial charge is 0.454 e. The van der Waals surface area contributed by atoms with E-state index in [2.05, 4.69) is 22.0 Å². The van der Waals surface area contributed by atoms with Crippen LogP contribution in [0.5, 0.6) is 11.5 Å². The van der Waals surface area contributed by atoms with E-state index in [4.69, 9.17) is 21.7 Å². The molecule has 29 heavy (non-hydrogen) atoms. The Morgan fingerprint density at radius 3 is 2.86 bits per heavy atom. The van der Waals surface area contributed by atoms with Crippen LogP contribution in [0.15, 0.2) is 42.5 Å². The zero-order valence-corrected chi connectivity index (χ0v) is 16.7. The lowest BCUT2D eigenvalue weighted by molar-refractivity contribution is -0.128. The van der Waals surface area contributed by atoms with Crippen molar-refractivity contribution in [3.8, 4) is 11.5 Å². The third kappa shape index (κ3) is 2.22. The number of thiocarbonyl (C=S) groups is 1. The third-order valence-electron chi connectivity index (χ3n) is 6.16. The topological polar surface area (TPSA) is 57.8 Å². The number of ether oxygens (including phenoxy) is 2. The summed E-state index contributed by atoms with van der Waals surface area (Å²) in [7, 11) is 0. The molecule has 6 rings (SSSR count). The van der Waals surface area contributed by atoms with Crippen molar-refractivity contribution < 1.29 is 14.3 Å². The summed E-state index contributed by atoms with van der Waals surface area (Å²) < 4.78 is 11.1. The number of benzene rings is 2. The van der Waals surface area contributed by atoms with Crippen molar-refractivity contribution in [2.24, 2.45) is 0 Å². The number of para-hydroxylation sites is 1. The second kappa shape index (κ2) is 5.97. The molecule has 1 saturated heterocycles. The van der Waals surface area contributed by atoms with Crippen LogP contribution in [-0.2, 0) is 11.2 Å². The van der Waals surface area contributed by atoms with Crippen molar-refractivity contribution in [3.63, 3.8) is 0 Å². The smallest absolute Gasteiger partial charge is 0.251 e. The Kier molecular flexibility index (Phi) is 3.47. The van der Waals surface area contributed by atoms with E-state index in [0.717, 1.165) is 28.3 Å². The zero-order valence-electron chi connectivity index (χ0n) is 15.8. The second-order valence-electron chi connectivity index (χ2n) is 7.57. The van der Waals surface area contributed by atoms with Crippen LogP contribution in [0.2, 0.25) is 0 Å². The van der Waals surface area contributed by atoms with E-state index in [1.807, 2.05) is 37.3 Å². The number of nitrogens with zero attached hydrogens (tertiary/aromatic N) is 2. The van der Waals surface area contributed by atoms with Crippen LogP contribution >= 0.6 is 12.2 Å². The Hall–Kier alpha value is -3.06. The quantitative estimate of drug-likeness (QED) is 0.663. The first-order valence-corrected chi connectivity index (χ1v) is 10.2. The molecule has 4 heterocycles. The molecule has 0 radical (unpaired) electrons. The minimum absolute atomic E-state index is 0.0826. The standard InChI is InChI=1S/C22H19N3O3S/c1-2-24-21(26)16-10-14-13-5-3-4-6-15(13)23-19(14)20(25(16)22(24)29)12-7-8-17-18(9-12)28-11-27-17/h3-9,16,20,23H,2,10-11H2,1H3/t16-,20-/m1/s1. The average molecular weight is 405 g/mol. The second-order valence-corrected chi connectivity index (χ2v) is 7.94. The molecule has 0 bridgehead atoms. The Bertz CT molecular complexity index is 1190. The highest BCUT2D eigenvalue weighted by atomic mass is 32.1. The molecule has 0 saturated carbocycles. The third-order valence-corrected chi connectivity index (χ3v) is 6.59. The van der Waals surface area contributed by atoms with Crippen molar-refractivity contribution in [1.82, 2.24) is 14.8 Å². The fraction of sp³-hybridized carbons (Fsp3) is 0.273. The maximum absolute atomic E-state index is 13.2. The molecule has 0 unspecified atom stereocenters. The molecule has 0 spiro atoms. The van der Waals surface area contributed by atoms with Crippen LogP contribution in [0.3, 0.4) is 0 Å². The molecule has 6 nitrogen and oxygen atoms in total. The maximum atomic E-state index is 13.2. The van der Waals surface area contributed by atoms with E-state index < -0.39 is 0 Å². The van der Waals surface area contributed by atoms with Crippen LogP contribution in [0, 0.1) is 0 Å². The lowest BCUT2D eigenvalue weighted by atomic mass is 9.89. The van der Waals surface area contributed by atoms with E-state index in [-0.39, 0.29) is 24.8 Å². The maximum Gasteiger partial charge on any atom is 0.251 e. The molecule has 3 aliphatic rings. The van der Waals surface area contributed by atoms with Gasteiger partial charge in [0.25, 0.3) is 5.91 Å². The Balaban J connectivity index is 1.59. The van der Waals surface area contributed by atoms with Crippen molar-refractivity contribution in [1.29, 1.82) is 0 Å². The molecule has 2 atom stereocenters. The number of rotatable bonds is 2. The highest BCUT2D eigenvalue weighted by Gasteiger charge is 2.50. The van der Waals surface area contributed by atoms with Gasteiger partial charge in [0.15, 0.2) is 16.6 Å². The van der Waals surface area contributed by atoms with E-state index in [1.165, 1.54) is 10.9 Å². The van der Waals surface area contributed by atoms with Gasteiger partial charge in [0, 0.05) is 29.6 Å². The van der Waals surface area contributed by atoms with Gasteiger partial charge in [-0.2, -0.15) is 0 Å². The van der Waals surface area contributed by atoms with Gasteiger partial charge >= 0.3 is 0 Å². The van der Waals surface area contributed by atoms with Crippen LogP contribution in [0.4, 0.5) is 0 Å². The van der Waals surface area contributed by atoms with Gasteiger partial charge in [-0.15, -0.1) is 0 Å². The van der Waals surface area contributed by atoms with Gasteiger partial charge in [0.1, 0.15) is 6.04 Å². The van der Waals surface area contributed by atoms with Crippen LogP contribution in [-0.4, -0.2) is 45.2 Å². The molecule has 1 fully saturated rings. The molecule has 1 aromatic heterocycles. The first-order chi connectivity index (χ1) is 14.2. The summed E-state index contributed by atoms with van der Waals surface area (Å²) in [5.41, 5.74) is 4.39. The number of likely N-dealkylation sites (N-methyl/N-ethyl adjacent to an activating group) is 1. The average Bonchev–Trinajstić information content (AvgIpc) is 3.41. The monoisotopic (exact) mass is 405 g/mol. The normalized spacial score (nSPS) is 22.4. The van der Waals surface area contributed by atoms with E-state index in [0.29, 0.717) is 18.1 Å². The summed E-state index contributed by atoms with van der Waals surface area (Å²) in [5.74, 6) is 1.55. The molecular weight excluding hydrogens is 386 g/mol. The summed E-state index contributed by atoms with van der Waals surface area (Å²) >= 11 is 5.76. The number of carbonyl (C=O) groups excluding carboxylic acids is 1. The summed E-state index contributed by atoms with van der Waals surface area (Å²) in [4.78, 5) is 20.6. The number of carbonyl (C=O) groups is 1. The number of nitrogens with one attached hydrogen (secondary N) is 1. The van der Waals surface area contributed by atoms with Gasteiger partial charge in [-0.05, 0) is 48.5 Å².